The molecule has 4 N–H and O–H groups in total. The molecule has 0 unspecified atom stereocenters. The smallest absolute Gasteiger partial charge is 0.423 e. The molecular weight excluding hydrogens is 158 g/mol. The quantitative estimate of drug-likeness (QED) is 0.362. The van der Waals surface area contributed by atoms with Gasteiger partial charge in [-0.2, -0.15) is 0 Å². The van der Waals surface area contributed by atoms with Crippen molar-refractivity contribution in [1.82, 2.24) is 0 Å². The van der Waals surface area contributed by atoms with Crippen LogP contribution in [-0.2, 0) is 0 Å². The van der Waals surface area contributed by atoms with E-state index in [1.807, 2.05) is 0 Å². The summed E-state index contributed by atoms with van der Waals surface area (Å²) in [4.78, 5) is 0. The predicted octanol–water partition coefficient (Wildman–Crippen LogP) is -2.95. The maximum absolute atomic E-state index is 9.02. The van der Waals surface area contributed by atoms with Gasteiger partial charge in [0.15, 0.2) is 1.43 Å². The second kappa shape index (κ2) is 3.73. The van der Waals surface area contributed by atoms with E-state index < -0.39 is 14.2 Å². The van der Waals surface area contributed by atoms with Crippen molar-refractivity contribution in [3.05, 3.63) is 24.3 Å². The normalized spacial score (nSPS) is 10.8. The van der Waals surface area contributed by atoms with Gasteiger partial charge in [-0.05, 0) is 10.9 Å². The Labute approximate surface area is 71.9 Å². The van der Waals surface area contributed by atoms with Crippen LogP contribution < -0.4 is 10.9 Å². The monoisotopic (exact) mass is 167 g/mol. The zero-order chi connectivity index (χ0) is 9.84. The van der Waals surface area contributed by atoms with Crippen LogP contribution in [-0.4, -0.2) is 35.8 Å². The fraction of sp³-hybridized carbons (Fsp3) is 0. The van der Waals surface area contributed by atoms with Gasteiger partial charge >= 0.3 is 14.2 Å². The summed E-state index contributed by atoms with van der Waals surface area (Å²) in [6.07, 6.45) is 0. The SMILES string of the molecule is [2H]OB(O)c1ccc(B(O)O)cc1. The molecule has 1 aromatic rings. The van der Waals surface area contributed by atoms with E-state index in [4.69, 9.17) is 16.5 Å². The summed E-state index contributed by atoms with van der Waals surface area (Å²) in [5.74, 6) is 0. The molecule has 0 saturated heterocycles. The molecule has 0 aliphatic rings. The van der Waals surface area contributed by atoms with Gasteiger partial charge in [0, 0.05) is 0 Å². The van der Waals surface area contributed by atoms with E-state index in [-0.39, 0.29) is 0 Å². The Hall–Kier alpha value is -0.810. The third-order valence-corrected chi connectivity index (χ3v) is 1.52. The van der Waals surface area contributed by atoms with E-state index in [9.17, 15) is 0 Å². The fourth-order valence-corrected chi connectivity index (χ4v) is 0.833. The van der Waals surface area contributed by atoms with Gasteiger partial charge in [-0.25, -0.2) is 0 Å². The minimum atomic E-state index is -1.52. The van der Waals surface area contributed by atoms with E-state index in [0.29, 0.717) is 10.9 Å². The Morgan fingerprint density at radius 2 is 1.33 bits per heavy atom. The van der Waals surface area contributed by atoms with Crippen molar-refractivity contribution in [3.8, 4) is 0 Å². The molecule has 12 heavy (non-hydrogen) atoms. The van der Waals surface area contributed by atoms with Crippen LogP contribution in [0, 0.1) is 0 Å². The molecule has 0 fully saturated rings. The summed E-state index contributed by atoms with van der Waals surface area (Å²) in [6, 6.07) is 5.77. The van der Waals surface area contributed by atoms with Gasteiger partial charge in [0.05, 0.1) is 0 Å². The zero-order valence-corrected chi connectivity index (χ0v) is 6.21. The van der Waals surface area contributed by atoms with Crippen LogP contribution in [0.15, 0.2) is 24.3 Å². The topological polar surface area (TPSA) is 80.9 Å². The van der Waals surface area contributed by atoms with Crippen molar-refractivity contribution < 1.29 is 20.1 Å². The van der Waals surface area contributed by atoms with Gasteiger partial charge < -0.3 is 20.1 Å². The Kier molecular flexibility index (Phi) is 2.43. The minimum Gasteiger partial charge on any atom is -0.423 e. The molecule has 0 bridgehead atoms. The van der Waals surface area contributed by atoms with Gasteiger partial charge in [0.1, 0.15) is 0 Å². The average molecular weight is 167 g/mol. The van der Waals surface area contributed by atoms with E-state index in [1.165, 1.54) is 24.3 Å². The third-order valence-electron chi connectivity index (χ3n) is 1.52. The second-order valence-electron chi connectivity index (χ2n) is 2.39. The Morgan fingerprint density at radius 1 is 0.917 bits per heavy atom. The third kappa shape index (κ3) is 2.09. The Bertz CT molecular complexity index is 266. The van der Waals surface area contributed by atoms with Crippen molar-refractivity contribution in [3.63, 3.8) is 0 Å². The summed E-state index contributed by atoms with van der Waals surface area (Å²) < 4.78 is 6.44. The first-order valence-electron chi connectivity index (χ1n) is 3.82. The van der Waals surface area contributed by atoms with Crippen molar-refractivity contribution in [2.24, 2.45) is 0 Å². The lowest BCUT2D eigenvalue weighted by Gasteiger charge is -2.01. The number of hydrogen-bond donors (Lipinski definition) is 4. The summed E-state index contributed by atoms with van der Waals surface area (Å²) in [7, 11) is -2.83. The van der Waals surface area contributed by atoms with Crippen LogP contribution in [0.5, 0.6) is 0 Å². The highest BCUT2D eigenvalue weighted by Gasteiger charge is 2.13. The molecule has 1 rings (SSSR count). The zero-order valence-electron chi connectivity index (χ0n) is 7.21. The van der Waals surface area contributed by atoms with E-state index in [2.05, 4.69) is 5.03 Å². The van der Waals surface area contributed by atoms with Crippen LogP contribution in [0.3, 0.4) is 0 Å². The molecule has 0 aliphatic heterocycles. The van der Waals surface area contributed by atoms with Crippen LogP contribution in [0.4, 0.5) is 0 Å². The standard InChI is InChI=1S/C6H8B2O4/c9-7(10)5-1-2-6(4-3-5)8(11)12/h1-4,9-12H/i9D. The molecular formula is C6H8B2O4. The molecule has 0 atom stereocenters. The molecule has 0 aromatic heterocycles. The lowest BCUT2D eigenvalue weighted by molar-refractivity contribution is 0.423. The van der Waals surface area contributed by atoms with Crippen LogP contribution >= 0.6 is 0 Å². The maximum Gasteiger partial charge on any atom is 0.488 e. The lowest BCUT2D eigenvalue weighted by Crippen LogP contribution is -2.34. The summed E-state index contributed by atoms with van der Waals surface area (Å²) in [5, 5.41) is 30.4. The predicted molar refractivity (Wildman–Crippen MR) is 46.1 cm³/mol. The lowest BCUT2D eigenvalue weighted by atomic mass is 9.75. The first kappa shape index (κ1) is 7.82. The van der Waals surface area contributed by atoms with Crippen LogP contribution in [0.25, 0.3) is 0 Å². The molecule has 62 valence electrons. The first-order valence-corrected chi connectivity index (χ1v) is 3.41. The molecule has 0 heterocycles. The number of rotatable bonds is 3. The van der Waals surface area contributed by atoms with Crippen molar-refractivity contribution in [2.75, 3.05) is 0 Å². The molecule has 0 aliphatic carbocycles. The van der Waals surface area contributed by atoms with Gasteiger partial charge in [-0.1, -0.05) is 24.3 Å². The Morgan fingerprint density at radius 3 is 1.67 bits per heavy atom. The second-order valence-corrected chi connectivity index (χ2v) is 2.39. The largest absolute Gasteiger partial charge is 0.488 e. The average Bonchev–Trinajstić information content (AvgIpc) is 2.17. The summed E-state index contributed by atoms with van der Waals surface area (Å²) in [5.41, 5.74) is 0.709. The van der Waals surface area contributed by atoms with E-state index >= 15 is 0 Å². The fourth-order valence-electron chi connectivity index (χ4n) is 0.833. The Balaban J connectivity index is 2.81. The van der Waals surface area contributed by atoms with Crippen LogP contribution in [0.2, 0.25) is 0 Å². The highest BCUT2D eigenvalue weighted by Crippen LogP contribution is 1.83. The summed E-state index contributed by atoms with van der Waals surface area (Å²) >= 11 is 0. The number of benzene rings is 1. The molecule has 0 spiro atoms. The first-order chi connectivity index (χ1) is 6.15. The van der Waals surface area contributed by atoms with E-state index in [1.54, 1.807) is 0 Å². The van der Waals surface area contributed by atoms with Crippen LogP contribution in [0.1, 0.15) is 0 Å². The molecule has 4 nitrogen and oxygen atoms in total. The summed E-state index contributed by atoms with van der Waals surface area (Å²) in [6.45, 7) is 0. The molecule has 6 heteroatoms. The van der Waals surface area contributed by atoms with Gasteiger partial charge in [0.25, 0.3) is 0 Å². The van der Waals surface area contributed by atoms with Gasteiger partial charge in [0.2, 0.25) is 0 Å². The molecule has 0 amide bonds. The van der Waals surface area contributed by atoms with Crippen molar-refractivity contribution in [1.29, 1.82) is 1.43 Å². The maximum atomic E-state index is 9.02. The molecule has 1 aromatic carbocycles. The highest BCUT2D eigenvalue weighted by molar-refractivity contribution is 6.60. The van der Waals surface area contributed by atoms with Gasteiger partial charge in [-0.3, -0.25) is 0 Å². The molecule has 0 radical (unpaired) electrons. The number of hydrogen-bond acceptors (Lipinski definition) is 4. The molecule has 0 saturated carbocycles. The van der Waals surface area contributed by atoms with Crippen molar-refractivity contribution in [2.45, 2.75) is 0 Å². The van der Waals surface area contributed by atoms with E-state index in [0.717, 1.165) is 0 Å². The highest BCUT2D eigenvalue weighted by atomic mass is 16.4. The minimum absolute atomic E-state index is 0.320. The van der Waals surface area contributed by atoms with Crippen molar-refractivity contribution >= 4 is 25.2 Å². The van der Waals surface area contributed by atoms with Gasteiger partial charge in [-0.15, -0.1) is 0 Å².